The van der Waals surface area contributed by atoms with E-state index in [1.165, 1.54) is 0 Å². The Morgan fingerprint density at radius 1 is 1.21 bits per heavy atom. The Morgan fingerprint density at radius 3 is 2.89 bits per heavy atom. The second-order valence-electron chi connectivity index (χ2n) is 4.02. The van der Waals surface area contributed by atoms with Gasteiger partial charge in [-0.05, 0) is 18.2 Å². The second kappa shape index (κ2) is 5.07. The third-order valence-electron chi connectivity index (χ3n) is 2.74. The Bertz CT molecular complexity index is 692. The van der Waals surface area contributed by atoms with Gasteiger partial charge in [-0.1, -0.05) is 29.3 Å². The molecular formula is C13H9Cl2N3O. The van der Waals surface area contributed by atoms with E-state index in [-0.39, 0.29) is 0 Å². The first-order chi connectivity index (χ1) is 9.25. The molecule has 0 bridgehead atoms. The predicted octanol–water partition coefficient (Wildman–Crippen LogP) is 3.89. The van der Waals surface area contributed by atoms with Crippen LogP contribution < -0.4 is 0 Å². The largest absolute Gasteiger partial charge is 0.472 e. The molecular weight excluding hydrogens is 285 g/mol. The summed E-state index contributed by atoms with van der Waals surface area (Å²) < 4.78 is 6.94. The van der Waals surface area contributed by atoms with E-state index in [4.69, 9.17) is 27.6 Å². The van der Waals surface area contributed by atoms with Crippen molar-refractivity contribution in [2.24, 2.45) is 0 Å². The number of halogens is 2. The molecule has 96 valence electrons. The topological polar surface area (TPSA) is 43.9 Å². The van der Waals surface area contributed by atoms with Crippen molar-refractivity contribution in [2.75, 3.05) is 0 Å². The maximum absolute atomic E-state index is 6.21. The summed E-state index contributed by atoms with van der Waals surface area (Å²) in [6.45, 7) is 0.613. The number of rotatable bonds is 3. The lowest BCUT2D eigenvalue weighted by Gasteiger charge is -2.07. The average molecular weight is 294 g/mol. The van der Waals surface area contributed by atoms with Crippen LogP contribution >= 0.6 is 23.2 Å². The number of furan rings is 1. The Kier molecular flexibility index (Phi) is 3.27. The Labute approximate surface area is 119 Å². The van der Waals surface area contributed by atoms with Gasteiger partial charge < -0.3 is 8.98 Å². The standard InChI is InChI=1S/C13H9Cl2N3O/c14-11-3-1-2-10(12(11)15)13-17-16-8-18(13)6-9-4-5-19-7-9/h1-5,7-8H,6H2. The SMILES string of the molecule is Clc1cccc(-c2nncn2Cc2ccoc2)c1Cl. The van der Waals surface area contributed by atoms with Gasteiger partial charge in [0, 0.05) is 11.1 Å². The van der Waals surface area contributed by atoms with Gasteiger partial charge in [0.15, 0.2) is 5.82 Å². The van der Waals surface area contributed by atoms with Crippen LogP contribution in [0.2, 0.25) is 10.0 Å². The number of hydrogen-bond donors (Lipinski definition) is 0. The fraction of sp³-hybridized carbons (Fsp3) is 0.0769. The van der Waals surface area contributed by atoms with Crippen LogP contribution in [0.3, 0.4) is 0 Å². The summed E-state index contributed by atoms with van der Waals surface area (Å²) in [6, 6.07) is 7.33. The van der Waals surface area contributed by atoms with Crippen molar-refractivity contribution in [3.63, 3.8) is 0 Å². The Balaban J connectivity index is 2.02. The molecule has 0 aliphatic carbocycles. The molecule has 0 radical (unpaired) electrons. The highest BCUT2D eigenvalue weighted by atomic mass is 35.5. The lowest BCUT2D eigenvalue weighted by Crippen LogP contribution is -2.00. The van der Waals surface area contributed by atoms with E-state index in [9.17, 15) is 0 Å². The van der Waals surface area contributed by atoms with E-state index in [2.05, 4.69) is 10.2 Å². The van der Waals surface area contributed by atoms with Crippen LogP contribution in [0.5, 0.6) is 0 Å². The molecule has 3 aromatic rings. The monoisotopic (exact) mass is 293 g/mol. The zero-order valence-corrected chi connectivity index (χ0v) is 11.3. The molecule has 6 heteroatoms. The lowest BCUT2D eigenvalue weighted by molar-refractivity contribution is 0.562. The van der Waals surface area contributed by atoms with Gasteiger partial charge in [-0.25, -0.2) is 0 Å². The zero-order valence-electron chi connectivity index (χ0n) is 9.75. The minimum absolute atomic E-state index is 0.477. The smallest absolute Gasteiger partial charge is 0.165 e. The molecule has 0 saturated carbocycles. The van der Waals surface area contributed by atoms with Gasteiger partial charge in [-0.2, -0.15) is 0 Å². The van der Waals surface area contributed by atoms with Crippen LogP contribution in [0.4, 0.5) is 0 Å². The molecule has 0 atom stereocenters. The van der Waals surface area contributed by atoms with Crippen LogP contribution in [0, 0.1) is 0 Å². The molecule has 3 rings (SSSR count). The molecule has 0 fully saturated rings. The molecule has 0 amide bonds. The highest BCUT2D eigenvalue weighted by molar-refractivity contribution is 6.43. The zero-order chi connectivity index (χ0) is 13.2. The first-order valence-corrected chi connectivity index (χ1v) is 6.34. The molecule has 0 spiro atoms. The fourth-order valence-corrected chi connectivity index (χ4v) is 2.22. The molecule has 2 heterocycles. The first kappa shape index (κ1) is 12.3. The van der Waals surface area contributed by atoms with E-state index >= 15 is 0 Å². The van der Waals surface area contributed by atoms with Crippen LogP contribution in [-0.4, -0.2) is 14.8 Å². The van der Waals surface area contributed by atoms with Crippen LogP contribution in [0.25, 0.3) is 11.4 Å². The minimum atomic E-state index is 0.477. The highest BCUT2D eigenvalue weighted by Gasteiger charge is 2.13. The predicted molar refractivity (Wildman–Crippen MR) is 73.3 cm³/mol. The van der Waals surface area contributed by atoms with E-state index in [1.54, 1.807) is 24.9 Å². The van der Waals surface area contributed by atoms with Gasteiger partial charge in [-0.15, -0.1) is 10.2 Å². The van der Waals surface area contributed by atoms with E-state index in [0.717, 1.165) is 11.1 Å². The summed E-state index contributed by atoms with van der Waals surface area (Å²) in [5, 5.41) is 9.01. The van der Waals surface area contributed by atoms with E-state index in [0.29, 0.717) is 22.4 Å². The van der Waals surface area contributed by atoms with Gasteiger partial charge in [0.1, 0.15) is 6.33 Å². The average Bonchev–Trinajstić information content (AvgIpc) is 3.05. The van der Waals surface area contributed by atoms with Crippen molar-refractivity contribution < 1.29 is 4.42 Å². The van der Waals surface area contributed by atoms with Crippen molar-refractivity contribution in [1.82, 2.24) is 14.8 Å². The molecule has 0 aliphatic heterocycles. The van der Waals surface area contributed by atoms with Gasteiger partial charge in [0.25, 0.3) is 0 Å². The van der Waals surface area contributed by atoms with Crippen molar-refractivity contribution in [1.29, 1.82) is 0 Å². The normalized spacial score (nSPS) is 10.8. The summed E-state index contributed by atoms with van der Waals surface area (Å²) in [4.78, 5) is 0. The number of benzene rings is 1. The summed E-state index contributed by atoms with van der Waals surface area (Å²) >= 11 is 12.2. The van der Waals surface area contributed by atoms with Crippen molar-refractivity contribution in [3.8, 4) is 11.4 Å². The van der Waals surface area contributed by atoms with Crippen LogP contribution in [-0.2, 0) is 6.54 Å². The number of hydrogen-bond acceptors (Lipinski definition) is 3. The summed E-state index contributed by atoms with van der Waals surface area (Å²) in [5.41, 5.74) is 1.79. The molecule has 4 nitrogen and oxygen atoms in total. The quantitative estimate of drug-likeness (QED) is 0.736. The second-order valence-corrected chi connectivity index (χ2v) is 4.80. The fourth-order valence-electron chi connectivity index (χ4n) is 1.84. The van der Waals surface area contributed by atoms with Gasteiger partial charge in [0.2, 0.25) is 0 Å². The van der Waals surface area contributed by atoms with Crippen LogP contribution in [0.1, 0.15) is 5.56 Å². The van der Waals surface area contributed by atoms with Crippen molar-refractivity contribution in [2.45, 2.75) is 6.54 Å². The molecule has 2 aromatic heterocycles. The Morgan fingerprint density at radius 2 is 2.11 bits per heavy atom. The Hall–Kier alpha value is -1.78. The van der Waals surface area contributed by atoms with Gasteiger partial charge in [-0.3, -0.25) is 0 Å². The summed E-state index contributed by atoms with van der Waals surface area (Å²) in [5.74, 6) is 0.675. The van der Waals surface area contributed by atoms with Crippen molar-refractivity contribution in [3.05, 3.63) is 58.7 Å². The van der Waals surface area contributed by atoms with E-state index < -0.39 is 0 Å². The summed E-state index contributed by atoms with van der Waals surface area (Å²) in [7, 11) is 0. The number of nitrogens with zero attached hydrogens (tertiary/aromatic N) is 3. The highest BCUT2D eigenvalue weighted by Crippen LogP contribution is 2.32. The third-order valence-corrected chi connectivity index (χ3v) is 3.56. The first-order valence-electron chi connectivity index (χ1n) is 5.59. The molecule has 0 saturated heterocycles. The third kappa shape index (κ3) is 2.37. The van der Waals surface area contributed by atoms with Crippen molar-refractivity contribution >= 4 is 23.2 Å². The maximum atomic E-state index is 6.21. The number of aromatic nitrogens is 3. The molecule has 19 heavy (non-hydrogen) atoms. The lowest BCUT2D eigenvalue weighted by atomic mass is 10.2. The molecule has 0 N–H and O–H groups in total. The van der Waals surface area contributed by atoms with Crippen LogP contribution in [0.15, 0.2) is 47.5 Å². The molecule has 1 aromatic carbocycles. The molecule has 0 unspecified atom stereocenters. The molecule has 0 aliphatic rings. The van der Waals surface area contributed by atoms with Gasteiger partial charge >= 0.3 is 0 Å². The maximum Gasteiger partial charge on any atom is 0.165 e. The minimum Gasteiger partial charge on any atom is -0.472 e. The summed E-state index contributed by atoms with van der Waals surface area (Å²) in [6.07, 6.45) is 4.97. The van der Waals surface area contributed by atoms with E-state index in [1.807, 2.05) is 22.8 Å². The van der Waals surface area contributed by atoms with Gasteiger partial charge in [0.05, 0.1) is 29.1 Å².